The number of methoxy groups -OCH3 is 1. The summed E-state index contributed by atoms with van der Waals surface area (Å²) in [5, 5.41) is 0.699. The molecule has 0 aliphatic rings. The largest absolute Gasteiger partial charge is 0.465 e. The molecule has 98 valence electrons. The Labute approximate surface area is 116 Å². The van der Waals surface area contributed by atoms with E-state index in [9.17, 15) is 4.79 Å². The molecule has 2 rings (SSSR count). The summed E-state index contributed by atoms with van der Waals surface area (Å²) in [7, 11) is 1.38. The summed E-state index contributed by atoms with van der Waals surface area (Å²) in [6.45, 7) is 1.95. The van der Waals surface area contributed by atoms with Crippen LogP contribution in [0.4, 0.5) is 0 Å². The van der Waals surface area contributed by atoms with Crippen molar-refractivity contribution in [2.45, 2.75) is 17.8 Å². The molecule has 1 heterocycles. The molecule has 0 saturated carbocycles. The van der Waals surface area contributed by atoms with Crippen molar-refractivity contribution in [3.05, 3.63) is 53.3 Å². The topological polar surface area (TPSA) is 52.1 Å². The number of carbonyl (C=O) groups excluding carboxylic acids is 1. The lowest BCUT2D eigenvalue weighted by Gasteiger charge is -2.06. The first-order valence-electron chi connectivity index (χ1n) is 5.78. The van der Waals surface area contributed by atoms with Gasteiger partial charge in [-0.25, -0.2) is 14.8 Å². The number of rotatable bonds is 4. The maximum absolute atomic E-state index is 11.6. The molecule has 0 amide bonds. The van der Waals surface area contributed by atoms with Crippen LogP contribution in [-0.2, 0) is 10.5 Å². The van der Waals surface area contributed by atoms with Crippen molar-refractivity contribution in [3.8, 4) is 0 Å². The van der Waals surface area contributed by atoms with Crippen molar-refractivity contribution in [1.82, 2.24) is 9.97 Å². The first kappa shape index (κ1) is 13.5. The zero-order valence-corrected chi connectivity index (χ0v) is 11.6. The number of hydrogen-bond donors (Lipinski definition) is 0. The third kappa shape index (κ3) is 3.54. The van der Waals surface area contributed by atoms with E-state index in [1.54, 1.807) is 18.5 Å². The van der Waals surface area contributed by atoms with E-state index in [1.807, 2.05) is 25.1 Å². The van der Waals surface area contributed by atoms with Gasteiger partial charge >= 0.3 is 5.97 Å². The minimum Gasteiger partial charge on any atom is -0.465 e. The molecule has 0 unspecified atom stereocenters. The maximum atomic E-state index is 11.6. The summed E-state index contributed by atoms with van der Waals surface area (Å²) in [5.74, 6) is 0.315. The standard InChI is InChI=1S/C14H14N2O2S/c1-10-7-15-14(16-8-10)19-9-11-5-3-4-6-12(11)13(17)18-2/h3-8H,9H2,1-2H3. The van der Waals surface area contributed by atoms with Gasteiger partial charge in [-0.3, -0.25) is 0 Å². The van der Waals surface area contributed by atoms with E-state index in [-0.39, 0.29) is 5.97 Å². The summed E-state index contributed by atoms with van der Waals surface area (Å²) < 4.78 is 4.77. The van der Waals surface area contributed by atoms with Gasteiger partial charge in [0.15, 0.2) is 5.16 Å². The van der Waals surface area contributed by atoms with Crippen LogP contribution in [0, 0.1) is 6.92 Å². The van der Waals surface area contributed by atoms with E-state index < -0.39 is 0 Å². The van der Waals surface area contributed by atoms with Crippen molar-refractivity contribution in [2.24, 2.45) is 0 Å². The molecular weight excluding hydrogens is 260 g/mol. The number of thioether (sulfide) groups is 1. The molecule has 5 heteroatoms. The Bertz CT molecular complexity index is 570. The van der Waals surface area contributed by atoms with E-state index in [0.29, 0.717) is 16.5 Å². The zero-order valence-electron chi connectivity index (χ0n) is 10.8. The van der Waals surface area contributed by atoms with Crippen molar-refractivity contribution in [2.75, 3.05) is 7.11 Å². The second-order valence-electron chi connectivity index (χ2n) is 3.98. The molecule has 0 radical (unpaired) electrons. The molecule has 1 aromatic carbocycles. The number of carbonyl (C=O) groups is 1. The number of benzene rings is 1. The highest BCUT2D eigenvalue weighted by Crippen LogP contribution is 2.21. The van der Waals surface area contributed by atoms with E-state index >= 15 is 0 Å². The van der Waals surface area contributed by atoms with E-state index in [4.69, 9.17) is 4.74 Å². The van der Waals surface area contributed by atoms with E-state index in [2.05, 4.69) is 9.97 Å². The van der Waals surface area contributed by atoms with Crippen LogP contribution in [0.15, 0.2) is 41.8 Å². The Morgan fingerprint density at radius 1 is 1.26 bits per heavy atom. The summed E-state index contributed by atoms with van der Waals surface area (Å²) in [6, 6.07) is 7.40. The molecule has 0 fully saturated rings. The number of nitrogens with zero attached hydrogens (tertiary/aromatic N) is 2. The number of aryl methyl sites for hydroxylation is 1. The fourth-order valence-corrected chi connectivity index (χ4v) is 2.34. The minimum absolute atomic E-state index is 0.318. The molecule has 0 aliphatic carbocycles. The molecular formula is C14H14N2O2S. The van der Waals surface area contributed by atoms with Crippen LogP contribution in [0.1, 0.15) is 21.5 Å². The number of hydrogen-bond acceptors (Lipinski definition) is 5. The average Bonchev–Trinajstić information content (AvgIpc) is 2.46. The predicted molar refractivity (Wildman–Crippen MR) is 74.1 cm³/mol. The minimum atomic E-state index is -0.318. The van der Waals surface area contributed by atoms with Crippen LogP contribution >= 0.6 is 11.8 Å². The van der Waals surface area contributed by atoms with Gasteiger partial charge in [0, 0.05) is 18.1 Å². The molecule has 2 aromatic rings. The molecule has 0 atom stereocenters. The Morgan fingerprint density at radius 3 is 2.63 bits per heavy atom. The quantitative estimate of drug-likeness (QED) is 0.487. The lowest BCUT2D eigenvalue weighted by Crippen LogP contribution is -2.04. The van der Waals surface area contributed by atoms with Gasteiger partial charge in [-0.05, 0) is 24.1 Å². The highest BCUT2D eigenvalue weighted by Gasteiger charge is 2.11. The third-order valence-corrected chi connectivity index (χ3v) is 3.46. The Balaban J connectivity index is 2.11. The van der Waals surface area contributed by atoms with Crippen LogP contribution in [0.2, 0.25) is 0 Å². The van der Waals surface area contributed by atoms with Gasteiger partial charge in [0.1, 0.15) is 0 Å². The normalized spacial score (nSPS) is 10.2. The summed E-state index contributed by atoms with van der Waals surface area (Å²) in [4.78, 5) is 20.1. The molecule has 1 aromatic heterocycles. The van der Waals surface area contributed by atoms with Crippen molar-refractivity contribution in [1.29, 1.82) is 0 Å². The van der Waals surface area contributed by atoms with Gasteiger partial charge in [-0.15, -0.1) is 0 Å². The van der Waals surface area contributed by atoms with Gasteiger partial charge in [-0.2, -0.15) is 0 Å². The third-order valence-electron chi connectivity index (χ3n) is 2.54. The smallest absolute Gasteiger partial charge is 0.338 e. The van der Waals surface area contributed by atoms with Crippen molar-refractivity contribution >= 4 is 17.7 Å². The lowest BCUT2D eigenvalue weighted by molar-refractivity contribution is 0.0600. The molecule has 0 aliphatic heterocycles. The van der Waals surface area contributed by atoms with Crippen LogP contribution in [0.5, 0.6) is 0 Å². The summed E-state index contributed by atoms with van der Waals surface area (Å²) >= 11 is 1.49. The molecule has 0 spiro atoms. The first-order valence-corrected chi connectivity index (χ1v) is 6.77. The highest BCUT2D eigenvalue weighted by molar-refractivity contribution is 7.98. The maximum Gasteiger partial charge on any atom is 0.338 e. The van der Waals surface area contributed by atoms with E-state index in [1.165, 1.54) is 18.9 Å². The second kappa shape index (κ2) is 6.33. The van der Waals surface area contributed by atoms with Gasteiger partial charge in [0.25, 0.3) is 0 Å². The van der Waals surface area contributed by atoms with Gasteiger partial charge in [0.05, 0.1) is 12.7 Å². The summed E-state index contributed by atoms with van der Waals surface area (Å²) in [6.07, 6.45) is 3.56. The highest BCUT2D eigenvalue weighted by atomic mass is 32.2. The van der Waals surface area contributed by atoms with Crippen LogP contribution in [-0.4, -0.2) is 23.0 Å². The molecule has 4 nitrogen and oxygen atoms in total. The van der Waals surface area contributed by atoms with Gasteiger partial charge in [-0.1, -0.05) is 30.0 Å². The van der Waals surface area contributed by atoms with Gasteiger partial charge in [0.2, 0.25) is 0 Å². The Kier molecular flexibility index (Phi) is 4.52. The number of aromatic nitrogens is 2. The van der Waals surface area contributed by atoms with E-state index in [0.717, 1.165) is 11.1 Å². The Morgan fingerprint density at radius 2 is 1.95 bits per heavy atom. The number of esters is 1. The fourth-order valence-electron chi connectivity index (χ4n) is 1.55. The number of ether oxygens (including phenoxy) is 1. The molecule has 19 heavy (non-hydrogen) atoms. The van der Waals surface area contributed by atoms with Crippen molar-refractivity contribution in [3.63, 3.8) is 0 Å². The average molecular weight is 274 g/mol. The molecule has 0 bridgehead atoms. The molecule has 0 N–H and O–H groups in total. The monoisotopic (exact) mass is 274 g/mol. The first-order chi connectivity index (χ1) is 9.20. The zero-order chi connectivity index (χ0) is 13.7. The predicted octanol–water partition coefficient (Wildman–Crippen LogP) is 2.86. The Hall–Kier alpha value is -1.88. The summed E-state index contributed by atoms with van der Waals surface area (Å²) in [5.41, 5.74) is 2.53. The SMILES string of the molecule is COC(=O)c1ccccc1CSc1ncc(C)cn1. The van der Waals surface area contributed by atoms with Crippen LogP contribution in [0.25, 0.3) is 0 Å². The van der Waals surface area contributed by atoms with Crippen LogP contribution in [0.3, 0.4) is 0 Å². The molecule has 0 saturated heterocycles. The fraction of sp³-hybridized carbons (Fsp3) is 0.214. The second-order valence-corrected chi connectivity index (χ2v) is 4.92. The van der Waals surface area contributed by atoms with Crippen molar-refractivity contribution < 1.29 is 9.53 Å². The van der Waals surface area contributed by atoms with Gasteiger partial charge < -0.3 is 4.74 Å². The van der Waals surface area contributed by atoms with Crippen LogP contribution < -0.4 is 0 Å². The lowest BCUT2D eigenvalue weighted by atomic mass is 10.1.